The van der Waals surface area contributed by atoms with Crippen LogP contribution in [0.2, 0.25) is 0 Å². The Balaban J connectivity index is 1.22. The predicted molar refractivity (Wildman–Crippen MR) is 151 cm³/mol. The number of nitrogens with zero attached hydrogens (tertiary/aromatic N) is 1. The van der Waals surface area contributed by atoms with E-state index < -0.39 is 23.4 Å². The Hall–Kier alpha value is -2.26. The van der Waals surface area contributed by atoms with Gasteiger partial charge in [-0.05, 0) is 68.2 Å². The third-order valence-electron chi connectivity index (χ3n) is 10.8. The highest BCUT2D eigenvalue weighted by atomic mass is 32.2. The van der Waals surface area contributed by atoms with Gasteiger partial charge in [0.15, 0.2) is 29.0 Å². The second-order valence-corrected chi connectivity index (χ2v) is 13.7. The quantitative estimate of drug-likeness (QED) is 0.450. The minimum atomic E-state index is -1.13. The minimum absolute atomic E-state index is 0.00947. The van der Waals surface area contributed by atoms with Gasteiger partial charge in [-0.3, -0.25) is 9.59 Å². The molecule has 8 heteroatoms. The summed E-state index contributed by atoms with van der Waals surface area (Å²) in [5.41, 5.74) is 0.524. The van der Waals surface area contributed by atoms with Gasteiger partial charge in [-0.2, -0.15) is 0 Å². The van der Waals surface area contributed by atoms with Crippen LogP contribution in [0.25, 0.3) is 11.1 Å². The van der Waals surface area contributed by atoms with E-state index in [0.717, 1.165) is 43.2 Å². The maximum atomic E-state index is 14.4. The van der Waals surface area contributed by atoms with Crippen molar-refractivity contribution >= 4 is 34.4 Å². The first-order chi connectivity index (χ1) is 19.2. The predicted octanol–water partition coefficient (Wildman–Crippen LogP) is 5.66. The number of ketones is 2. The van der Waals surface area contributed by atoms with Crippen molar-refractivity contribution in [1.82, 2.24) is 4.98 Å². The van der Waals surface area contributed by atoms with E-state index in [1.165, 1.54) is 11.8 Å². The van der Waals surface area contributed by atoms with E-state index in [4.69, 9.17) is 13.9 Å². The number of thioether (sulfide) groups is 1. The number of aliphatic hydroxyl groups is 1. The zero-order valence-corrected chi connectivity index (χ0v) is 24.1. The fourth-order valence-electron chi connectivity index (χ4n) is 9.15. The molecular weight excluding hydrogens is 526 g/mol. The van der Waals surface area contributed by atoms with Gasteiger partial charge >= 0.3 is 0 Å². The van der Waals surface area contributed by atoms with E-state index in [2.05, 4.69) is 25.8 Å². The number of Topliss-reactive ketones (excluding diaryl/α,β-unsaturated/α-hetero) is 1. The van der Waals surface area contributed by atoms with Gasteiger partial charge in [0.25, 0.3) is 5.22 Å². The number of aliphatic hydroxyl groups excluding tert-OH is 1. The molecule has 40 heavy (non-hydrogen) atoms. The maximum Gasteiger partial charge on any atom is 0.257 e. The van der Waals surface area contributed by atoms with Crippen LogP contribution in [0.15, 0.2) is 57.7 Å². The van der Waals surface area contributed by atoms with Crippen molar-refractivity contribution in [3.05, 3.63) is 48.1 Å². The first kappa shape index (κ1) is 26.6. The number of rotatable bonds is 6. The molecule has 3 saturated carbocycles. The molecule has 5 unspecified atom stereocenters. The van der Waals surface area contributed by atoms with Gasteiger partial charge in [-0.15, -0.1) is 0 Å². The maximum absolute atomic E-state index is 14.4. The van der Waals surface area contributed by atoms with Crippen LogP contribution in [0, 0.1) is 28.6 Å². The van der Waals surface area contributed by atoms with Crippen molar-refractivity contribution < 1.29 is 28.6 Å². The van der Waals surface area contributed by atoms with E-state index in [-0.39, 0.29) is 46.6 Å². The molecule has 0 bridgehead atoms. The van der Waals surface area contributed by atoms with Crippen LogP contribution < -0.4 is 0 Å². The lowest BCUT2D eigenvalue weighted by atomic mass is 9.46. The van der Waals surface area contributed by atoms with Crippen LogP contribution >= 0.6 is 11.8 Å². The zero-order valence-electron chi connectivity index (χ0n) is 23.3. The average Bonchev–Trinajstić information content (AvgIpc) is 3.57. The smallest absolute Gasteiger partial charge is 0.257 e. The van der Waals surface area contributed by atoms with Gasteiger partial charge in [-0.25, -0.2) is 4.98 Å². The molecule has 9 atom stereocenters. The second kappa shape index (κ2) is 9.38. The van der Waals surface area contributed by atoms with Crippen molar-refractivity contribution in [3.8, 4) is 0 Å². The number of hydrogen-bond donors (Lipinski definition) is 1. The number of carbonyl (C=O) groups excluding carboxylic acids is 2. The van der Waals surface area contributed by atoms with Crippen LogP contribution in [0.1, 0.15) is 59.3 Å². The third-order valence-corrected chi connectivity index (χ3v) is 11.7. The molecule has 0 amide bonds. The van der Waals surface area contributed by atoms with Crippen LogP contribution in [0.5, 0.6) is 0 Å². The number of carbonyl (C=O) groups is 2. The molecule has 1 saturated heterocycles. The molecular formula is C32H37NO6S. The topological polar surface area (TPSA) is 98.9 Å². The van der Waals surface area contributed by atoms with Crippen LogP contribution in [0.3, 0.4) is 0 Å². The highest BCUT2D eigenvalue weighted by molar-refractivity contribution is 7.99. The number of oxazole rings is 1. The number of aromatic nitrogens is 1. The Kier molecular flexibility index (Phi) is 6.24. The molecule has 7 rings (SSSR count). The molecule has 4 fully saturated rings. The zero-order chi connectivity index (χ0) is 27.9. The van der Waals surface area contributed by atoms with Crippen LogP contribution in [0.4, 0.5) is 0 Å². The number of hydrogen-bond acceptors (Lipinski definition) is 8. The lowest BCUT2D eigenvalue weighted by molar-refractivity contribution is -0.197. The fourth-order valence-corrected chi connectivity index (χ4v) is 9.93. The summed E-state index contributed by atoms with van der Waals surface area (Å²) < 4.78 is 19.2. The van der Waals surface area contributed by atoms with Gasteiger partial charge in [0, 0.05) is 16.7 Å². The van der Waals surface area contributed by atoms with Crippen molar-refractivity contribution in [2.24, 2.45) is 28.6 Å². The summed E-state index contributed by atoms with van der Waals surface area (Å²) in [6, 6.07) is 7.59. The van der Waals surface area contributed by atoms with E-state index in [0.29, 0.717) is 17.2 Å². The summed E-state index contributed by atoms with van der Waals surface area (Å²) in [6.45, 7) is 6.42. The van der Waals surface area contributed by atoms with Gasteiger partial charge in [0.1, 0.15) is 5.52 Å². The normalized spacial score (nSPS) is 41.8. The molecule has 5 aliphatic rings. The molecule has 1 N–H and O–H groups in total. The van der Waals surface area contributed by atoms with Crippen LogP contribution in [-0.4, -0.2) is 51.5 Å². The summed E-state index contributed by atoms with van der Waals surface area (Å²) in [4.78, 5) is 31.1. The van der Waals surface area contributed by atoms with Crippen molar-refractivity contribution in [2.45, 2.75) is 88.6 Å². The number of benzene rings is 1. The minimum Gasteiger partial charge on any atom is -0.431 e. The standard InChI is InChI=1S/C32H37NO6S/c1-4-7-27-38-26-15-21-20-11-10-18-14-19(34)12-13-30(18,2)28(20)23(35)16-31(21,3)32(26,39-27)25(36)17-40-29-33-22-8-5-6-9-24(22)37-29/h5-6,8-9,12-14,20-21,23,26-28,35H,4,7,10-11,15-17H2,1-3H3/t20?,21?,23-,26+,27+,28?,30?,31?,32-/m0/s1. The summed E-state index contributed by atoms with van der Waals surface area (Å²) >= 11 is 1.30. The Morgan fingerprint density at radius 1 is 1.25 bits per heavy atom. The number of allylic oxidation sites excluding steroid dienone is 4. The second-order valence-electron chi connectivity index (χ2n) is 12.8. The lowest BCUT2D eigenvalue weighted by Gasteiger charge is -2.59. The van der Waals surface area contributed by atoms with Gasteiger partial charge in [0.05, 0.1) is 18.0 Å². The molecule has 1 aromatic heterocycles. The number of ether oxygens (including phenoxy) is 2. The Morgan fingerprint density at radius 2 is 2.08 bits per heavy atom. The number of fused-ring (bicyclic) bond motifs is 8. The first-order valence-corrected chi connectivity index (χ1v) is 15.7. The van der Waals surface area contributed by atoms with Crippen molar-refractivity contribution in [3.63, 3.8) is 0 Å². The Bertz CT molecular complexity index is 1400. The van der Waals surface area contributed by atoms with Crippen molar-refractivity contribution in [1.29, 1.82) is 0 Å². The molecule has 1 aromatic carbocycles. The summed E-state index contributed by atoms with van der Waals surface area (Å²) in [6.07, 6.45) is 8.58. The monoisotopic (exact) mass is 563 g/mol. The van der Waals surface area contributed by atoms with E-state index in [1.54, 1.807) is 12.2 Å². The van der Waals surface area contributed by atoms with Gasteiger partial charge in [-0.1, -0.05) is 62.7 Å². The fraction of sp³-hybridized carbons (Fsp3) is 0.594. The molecule has 2 aromatic rings. The van der Waals surface area contributed by atoms with E-state index in [9.17, 15) is 14.7 Å². The molecule has 0 radical (unpaired) electrons. The number of para-hydroxylation sites is 2. The summed E-state index contributed by atoms with van der Waals surface area (Å²) in [5.74, 6) is 0.530. The summed E-state index contributed by atoms with van der Waals surface area (Å²) in [5, 5.41) is 12.3. The lowest BCUT2D eigenvalue weighted by Crippen LogP contribution is -2.63. The van der Waals surface area contributed by atoms with Gasteiger partial charge < -0.3 is 19.0 Å². The Morgan fingerprint density at radius 3 is 2.88 bits per heavy atom. The molecule has 7 nitrogen and oxygen atoms in total. The highest BCUT2D eigenvalue weighted by Gasteiger charge is 2.75. The van der Waals surface area contributed by atoms with E-state index in [1.807, 2.05) is 30.3 Å². The third kappa shape index (κ3) is 3.65. The van der Waals surface area contributed by atoms with Crippen LogP contribution in [-0.2, 0) is 19.1 Å². The highest BCUT2D eigenvalue weighted by Crippen LogP contribution is 2.69. The molecule has 2 heterocycles. The van der Waals surface area contributed by atoms with E-state index >= 15 is 0 Å². The largest absolute Gasteiger partial charge is 0.431 e. The first-order valence-electron chi connectivity index (χ1n) is 14.7. The van der Waals surface area contributed by atoms with Gasteiger partial charge in [0.2, 0.25) is 0 Å². The van der Waals surface area contributed by atoms with Crippen molar-refractivity contribution in [2.75, 3.05) is 5.75 Å². The molecule has 0 spiro atoms. The molecule has 4 aliphatic carbocycles. The SMILES string of the molecule is CCC[C@@H]1O[C@@H]2CC3C4CCC5=CC(=O)C=CC5(C)C4[C@@H](O)CC3(C)[C@@]2(C(=O)CSc2nc3ccccc3o2)O1. The Labute approximate surface area is 238 Å². The molecule has 1 aliphatic heterocycles. The molecule has 212 valence electrons. The summed E-state index contributed by atoms with van der Waals surface area (Å²) in [7, 11) is 0. The average molecular weight is 564 g/mol.